The SMILES string of the molecule is CC(NC(=O)C(NC(=O)C(Cc1c[nH]c2ccccc12)NC(=O)C(N)Cc1ccc(O)cc1)C(C)O)C(=O)O. The molecule has 0 aliphatic carbocycles. The van der Waals surface area contributed by atoms with Crippen LogP contribution >= 0.6 is 0 Å². The van der Waals surface area contributed by atoms with Crippen LogP contribution in [0.2, 0.25) is 0 Å². The van der Waals surface area contributed by atoms with E-state index in [-0.39, 0.29) is 18.6 Å². The van der Waals surface area contributed by atoms with Crippen molar-refractivity contribution in [2.75, 3.05) is 0 Å². The van der Waals surface area contributed by atoms with Crippen LogP contribution in [0.4, 0.5) is 0 Å². The van der Waals surface area contributed by atoms with Gasteiger partial charge in [-0.2, -0.15) is 0 Å². The molecule has 2 aromatic carbocycles. The van der Waals surface area contributed by atoms with Gasteiger partial charge in [-0.3, -0.25) is 19.2 Å². The molecule has 208 valence electrons. The first-order chi connectivity index (χ1) is 18.5. The maximum atomic E-state index is 13.4. The molecule has 0 fully saturated rings. The molecule has 0 saturated heterocycles. The molecular formula is C27H33N5O7. The second-order valence-corrected chi connectivity index (χ2v) is 9.40. The molecule has 9 N–H and O–H groups in total. The van der Waals surface area contributed by atoms with Crippen LogP contribution < -0.4 is 21.7 Å². The van der Waals surface area contributed by atoms with Crippen molar-refractivity contribution in [3.63, 3.8) is 0 Å². The summed E-state index contributed by atoms with van der Waals surface area (Å²) in [4.78, 5) is 53.3. The maximum absolute atomic E-state index is 13.4. The van der Waals surface area contributed by atoms with Crippen LogP contribution in [0, 0.1) is 0 Å². The van der Waals surface area contributed by atoms with Crippen molar-refractivity contribution < 1.29 is 34.5 Å². The van der Waals surface area contributed by atoms with Gasteiger partial charge in [0.1, 0.15) is 23.9 Å². The average Bonchev–Trinajstić information content (AvgIpc) is 3.30. The summed E-state index contributed by atoms with van der Waals surface area (Å²) in [5, 5.41) is 36.8. The third-order valence-corrected chi connectivity index (χ3v) is 6.25. The molecule has 0 saturated carbocycles. The molecule has 0 aliphatic heterocycles. The molecule has 0 bridgehead atoms. The van der Waals surface area contributed by atoms with E-state index in [0.29, 0.717) is 5.56 Å². The molecule has 5 unspecified atom stereocenters. The van der Waals surface area contributed by atoms with E-state index in [1.807, 2.05) is 24.3 Å². The molecule has 1 aromatic heterocycles. The summed E-state index contributed by atoms with van der Waals surface area (Å²) in [7, 11) is 0. The minimum atomic E-state index is -1.48. The summed E-state index contributed by atoms with van der Waals surface area (Å²) < 4.78 is 0. The standard InChI is InChI=1S/C27H33N5O7/c1-14(27(38)39)30-26(37)23(15(2)33)32-25(36)22(12-17-13-29-21-6-4-3-5-19(17)21)31-24(35)20(28)11-16-7-9-18(34)10-8-16/h3-10,13-15,20,22-23,29,33-34H,11-12,28H2,1-2H3,(H,30,37)(H,31,35)(H,32,36)(H,38,39). The molecule has 12 nitrogen and oxygen atoms in total. The number of phenols is 1. The highest BCUT2D eigenvalue weighted by Gasteiger charge is 2.32. The van der Waals surface area contributed by atoms with Crippen molar-refractivity contribution >= 4 is 34.6 Å². The summed E-state index contributed by atoms with van der Waals surface area (Å²) in [5.74, 6) is -3.50. The summed E-state index contributed by atoms with van der Waals surface area (Å²) in [6, 6.07) is 8.64. The fourth-order valence-corrected chi connectivity index (χ4v) is 4.01. The lowest BCUT2D eigenvalue weighted by Crippen LogP contribution is -2.60. The van der Waals surface area contributed by atoms with Gasteiger partial charge in [0, 0.05) is 23.5 Å². The van der Waals surface area contributed by atoms with Gasteiger partial charge in [0.05, 0.1) is 12.1 Å². The number of rotatable bonds is 12. The highest BCUT2D eigenvalue weighted by Crippen LogP contribution is 2.19. The second kappa shape index (κ2) is 12.9. The highest BCUT2D eigenvalue weighted by molar-refractivity contribution is 5.95. The molecule has 0 aliphatic rings. The van der Waals surface area contributed by atoms with E-state index < -0.39 is 54.0 Å². The van der Waals surface area contributed by atoms with Gasteiger partial charge >= 0.3 is 5.97 Å². The summed E-state index contributed by atoms with van der Waals surface area (Å²) in [5.41, 5.74) is 8.35. The molecule has 5 atom stereocenters. The first-order valence-electron chi connectivity index (χ1n) is 12.4. The minimum absolute atomic E-state index is 0.0349. The van der Waals surface area contributed by atoms with E-state index >= 15 is 0 Å². The predicted molar refractivity (Wildman–Crippen MR) is 143 cm³/mol. The van der Waals surface area contributed by atoms with E-state index in [9.17, 15) is 29.4 Å². The number of aromatic nitrogens is 1. The van der Waals surface area contributed by atoms with Crippen LogP contribution in [0.1, 0.15) is 25.0 Å². The Hall–Kier alpha value is -4.42. The van der Waals surface area contributed by atoms with E-state index in [2.05, 4.69) is 20.9 Å². The van der Waals surface area contributed by atoms with Crippen LogP contribution in [0.25, 0.3) is 10.9 Å². The first kappa shape index (κ1) is 29.1. The first-order valence-corrected chi connectivity index (χ1v) is 12.4. The van der Waals surface area contributed by atoms with Crippen molar-refractivity contribution in [3.05, 3.63) is 65.9 Å². The van der Waals surface area contributed by atoms with Gasteiger partial charge in [0.15, 0.2) is 0 Å². The molecule has 3 aromatic rings. The summed E-state index contributed by atoms with van der Waals surface area (Å²) in [6.45, 7) is 2.52. The van der Waals surface area contributed by atoms with Crippen molar-refractivity contribution in [3.8, 4) is 5.75 Å². The Morgan fingerprint density at radius 1 is 0.897 bits per heavy atom. The van der Waals surface area contributed by atoms with E-state index in [0.717, 1.165) is 16.5 Å². The number of nitrogens with one attached hydrogen (secondary N) is 4. The number of amides is 3. The van der Waals surface area contributed by atoms with Gasteiger partial charge in [-0.1, -0.05) is 30.3 Å². The number of phenolic OH excluding ortho intramolecular Hbond substituents is 1. The Morgan fingerprint density at radius 2 is 1.56 bits per heavy atom. The van der Waals surface area contributed by atoms with Gasteiger partial charge in [-0.15, -0.1) is 0 Å². The number of H-pyrrole nitrogens is 1. The number of aliphatic hydroxyl groups excluding tert-OH is 1. The Morgan fingerprint density at radius 3 is 2.21 bits per heavy atom. The van der Waals surface area contributed by atoms with Crippen LogP contribution in [-0.2, 0) is 32.0 Å². The van der Waals surface area contributed by atoms with Crippen LogP contribution in [0.15, 0.2) is 54.7 Å². The number of aromatic amines is 1. The number of benzene rings is 2. The summed E-state index contributed by atoms with van der Waals surface area (Å²) >= 11 is 0. The largest absolute Gasteiger partial charge is 0.508 e. The fourth-order valence-electron chi connectivity index (χ4n) is 4.01. The Balaban J connectivity index is 1.81. The number of carbonyl (C=O) groups excluding carboxylic acids is 3. The lowest BCUT2D eigenvalue weighted by Gasteiger charge is -2.26. The van der Waals surface area contributed by atoms with Gasteiger partial charge < -0.3 is 42.0 Å². The number of carbonyl (C=O) groups is 4. The number of hydrogen-bond donors (Lipinski definition) is 8. The van der Waals surface area contributed by atoms with Crippen LogP contribution in [0.3, 0.4) is 0 Å². The zero-order valence-electron chi connectivity index (χ0n) is 21.5. The predicted octanol–water partition coefficient (Wildman–Crippen LogP) is -0.0743. The molecule has 12 heteroatoms. The zero-order valence-corrected chi connectivity index (χ0v) is 21.5. The van der Waals surface area contributed by atoms with Crippen LogP contribution in [0.5, 0.6) is 5.75 Å². The van der Waals surface area contributed by atoms with Gasteiger partial charge in [-0.25, -0.2) is 0 Å². The number of hydrogen-bond acceptors (Lipinski definition) is 7. The smallest absolute Gasteiger partial charge is 0.325 e. The Labute approximate surface area is 224 Å². The number of aliphatic hydroxyl groups is 1. The average molecular weight is 540 g/mol. The van der Waals surface area contributed by atoms with E-state index in [1.165, 1.54) is 26.0 Å². The number of aliphatic carboxylic acids is 1. The Kier molecular flexibility index (Phi) is 9.63. The van der Waals surface area contributed by atoms with Crippen molar-refractivity contribution in [2.45, 2.75) is 57.0 Å². The molecule has 39 heavy (non-hydrogen) atoms. The quantitative estimate of drug-likeness (QED) is 0.156. The van der Waals surface area contributed by atoms with E-state index in [1.54, 1.807) is 18.3 Å². The van der Waals surface area contributed by atoms with Crippen molar-refractivity contribution in [1.82, 2.24) is 20.9 Å². The molecule has 3 rings (SSSR count). The van der Waals surface area contributed by atoms with Gasteiger partial charge in [0.2, 0.25) is 17.7 Å². The maximum Gasteiger partial charge on any atom is 0.325 e. The number of carboxylic acid groups (broad SMARTS) is 1. The lowest BCUT2D eigenvalue weighted by atomic mass is 10.0. The third kappa shape index (κ3) is 7.79. The van der Waals surface area contributed by atoms with Gasteiger partial charge in [-0.05, 0) is 49.6 Å². The second-order valence-electron chi connectivity index (χ2n) is 9.40. The number of nitrogens with two attached hydrogens (primary N) is 1. The molecule has 0 radical (unpaired) electrons. The number of para-hydroxylation sites is 1. The molecule has 1 heterocycles. The zero-order chi connectivity index (χ0) is 28.7. The van der Waals surface area contributed by atoms with Gasteiger partial charge in [0.25, 0.3) is 0 Å². The third-order valence-electron chi connectivity index (χ3n) is 6.25. The van der Waals surface area contributed by atoms with Crippen molar-refractivity contribution in [2.24, 2.45) is 5.73 Å². The van der Waals surface area contributed by atoms with Crippen molar-refractivity contribution in [1.29, 1.82) is 0 Å². The molecular weight excluding hydrogens is 506 g/mol. The molecule has 0 spiro atoms. The number of fused-ring (bicyclic) bond motifs is 1. The Bertz CT molecular complexity index is 1320. The highest BCUT2D eigenvalue weighted by atomic mass is 16.4. The number of aromatic hydroxyl groups is 1. The van der Waals surface area contributed by atoms with E-state index in [4.69, 9.17) is 10.8 Å². The fraction of sp³-hybridized carbons (Fsp3) is 0.333. The lowest BCUT2D eigenvalue weighted by molar-refractivity contribution is -0.142. The van der Waals surface area contributed by atoms with Crippen LogP contribution in [-0.4, -0.2) is 74.3 Å². The molecule has 3 amide bonds. The summed E-state index contributed by atoms with van der Waals surface area (Å²) in [6.07, 6.45) is 0.518. The topological polar surface area (TPSA) is 207 Å². The normalized spacial score (nSPS) is 15.0. The monoisotopic (exact) mass is 539 g/mol. The number of carboxylic acids is 1. The minimum Gasteiger partial charge on any atom is -0.508 e.